The van der Waals surface area contributed by atoms with Crippen molar-refractivity contribution in [2.75, 3.05) is 20.2 Å². The van der Waals surface area contributed by atoms with Crippen molar-refractivity contribution in [1.29, 1.82) is 0 Å². The summed E-state index contributed by atoms with van der Waals surface area (Å²) in [6.45, 7) is 8.51. The predicted molar refractivity (Wildman–Crippen MR) is 225 cm³/mol. The van der Waals surface area contributed by atoms with E-state index >= 15 is 0 Å². The minimum Gasteiger partial charge on any atom is -0.481 e. The Hall–Kier alpha value is -5.70. The fourth-order valence-corrected chi connectivity index (χ4v) is 7.60. The summed E-state index contributed by atoms with van der Waals surface area (Å²) >= 11 is 14.3. The lowest BCUT2D eigenvalue weighted by atomic mass is 9.97. The predicted octanol–water partition coefficient (Wildman–Crippen LogP) is 7.59. The molecule has 310 valence electrons. The number of methoxy groups -OCH3 is 1. The summed E-state index contributed by atoms with van der Waals surface area (Å²) in [6.07, 6.45) is -0.0638. The van der Waals surface area contributed by atoms with Crippen molar-refractivity contribution in [2.45, 2.75) is 78.3 Å². The maximum Gasteiger partial charge on any atom is 0.410 e. The molecule has 3 amide bonds. The second kappa shape index (κ2) is 17.7. The molecule has 1 fully saturated rings. The molecule has 2 aromatic carbocycles. The van der Waals surface area contributed by atoms with Crippen LogP contribution in [0.5, 0.6) is 5.88 Å². The number of aliphatic hydroxyl groups is 1. The van der Waals surface area contributed by atoms with Gasteiger partial charge in [0, 0.05) is 58.6 Å². The number of rotatable bonds is 12. The van der Waals surface area contributed by atoms with Crippen LogP contribution in [0.1, 0.15) is 57.4 Å². The Bertz CT molecular complexity index is 2480. The van der Waals surface area contributed by atoms with Crippen LogP contribution in [-0.4, -0.2) is 90.4 Å². The second-order valence-corrected chi connectivity index (χ2v) is 16.3. The Balaban J connectivity index is 1.31. The molecule has 59 heavy (non-hydrogen) atoms. The van der Waals surface area contributed by atoms with Gasteiger partial charge in [0.1, 0.15) is 11.2 Å². The summed E-state index contributed by atoms with van der Waals surface area (Å²) in [4.78, 5) is 62.5. The lowest BCUT2D eigenvalue weighted by Gasteiger charge is -2.28. The number of carbonyl (C=O) groups is 3. The fourth-order valence-electron chi connectivity index (χ4n) is 6.94. The molecular weight excluding hydrogens is 799 g/mol. The van der Waals surface area contributed by atoms with E-state index in [4.69, 9.17) is 42.6 Å². The average molecular weight is 846 g/mol. The van der Waals surface area contributed by atoms with E-state index in [0.29, 0.717) is 78.9 Å². The number of hydrogen-bond donors (Lipinski definition) is 3. The monoisotopic (exact) mass is 844 g/mol. The van der Waals surface area contributed by atoms with Crippen LogP contribution in [0.15, 0.2) is 71.7 Å². The van der Waals surface area contributed by atoms with Gasteiger partial charge >= 0.3 is 12.2 Å². The van der Waals surface area contributed by atoms with Crippen LogP contribution in [0, 0.1) is 6.92 Å². The highest BCUT2D eigenvalue weighted by Crippen LogP contribution is 2.42. The van der Waals surface area contributed by atoms with Crippen LogP contribution in [0.4, 0.5) is 9.59 Å². The van der Waals surface area contributed by atoms with Gasteiger partial charge in [-0.05, 0) is 70.9 Å². The van der Waals surface area contributed by atoms with Gasteiger partial charge in [-0.3, -0.25) is 18.9 Å². The van der Waals surface area contributed by atoms with Crippen LogP contribution < -0.4 is 15.6 Å². The molecule has 6 rings (SSSR count). The molecule has 0 aliphatic carbocycles. The van der Waals surface area contributed by atoms with Gasteiger partial charge in [-0.1, -0.05) is 59.6 Å². The Morgan fingerprint density at radius 3 is 2.24 bits per heavy atom. The third kappa shape index (κ3) is 9.78. The largest absolute Gasteiger partial charge is 0.481 e. The molecule has 5 aromatic rings. The second-order valence-electron chi connectivity index (χ2n) is 15.5. The van der Waals surface area contributed by atoms with E-state index in [1.54, 1.807) is 65.1 Å². The molecule has 16 heteroatoms. The highest BCUT2D eigenvalue weighted by atomic mass is 35.5. The number of amides is 3. The van der Waals surface area contributed by atoms with E-state index in [0.717, 1.165) is 0 Å². The summed E-state index contributed by atoms with van der Waals surface area (Å²) in [6, 6.07) is 17.8. The molecule has 1 saturated heterocycles. The summed E-state index contributed by atoms with van der Waals surface area (Å²) in [5.74, 6) is 0.134. The van der Waals surface area contributed by atoms with Crippen molar-refractivity contribution in [1.82, 2.24) is 29.5 Å². The van der Waals surface area contributed by atoms with Crippen LogP contribution in [0.3, 0.4) is 0 Å². The van der Waals surface area contributed by atoms with Gasteiger partial charge in [-0.2, -0.15) is 0 Å². The van der Waals surface area contributed by atoms with Gasteiger partial charge in [0.25, 0.3) is 5.56 Å². The standard InChI is InChI=1S/C43H46Cl2N6O8/c1-24(52)20-50(42(57)59-43(3,4)5)23-34-25(2)40(54)51-18-17-26(19-35(51)47-34)29-9-7-10-30(37(29)44)31-11-8-12-32(38(31)45)33-15-13-27(39(48-33)58-6)21-49(41(55)56)22-28-14-16-36(53)46-28/h7-13,15,17-19,24,28,52H,14,16,20-23H2,1-6H3,(H,46,53)(H,55,56). The number of pyridine rings is 2. The number of fused-ring (bicyclic) bond motifs is 1. The first-order valence-corrected chi connectivity index (χ1v) is 19.8. The number of carbonyl (C=O) groups excluding carboxylic acids is 2. The smallest absolute Gasteiger partial charge is 0.410 e. The number of nitrogens with zero attached hydrogens (tertiary/aromatic N) is 5. The first-order chi connectivity index (χ1) is 27.9. The van der Waals surface area contributed by atoms with Crippen molar-refractivity contribution in [3.05, 3.63) is 104 Å². The van der Waals surface area contributed by atoms with Gasteiger partial charge < -0.3 is 29.9 Å². The van der Waals surface area contributed by atoms with Crippen molar-refractivity contribution >= 4 is 46.9 Å². The summed E-state index contributed by atoms with van der Waals surface area (Å²) in [5, 5.41) is 23.6. The first-order valence-electron chi connectivity index (χ1n) is 19.0. The quantitative estimate of drug-likeness (QED) is 0.113. The third-order valence-electron chi connectivity index (χ3n) is 9.80. The molecule has 2 atom stereocenters. The van der Waals surface area contributed by atoms with E-state index in [-0.39, 0.29) is 49.6 Å². The van der Waals surface area contributed by atoms with E-state index in [1.807, 2.05) is 36.4 Å². The third-order valence-corrected chi connectivity index (χ3v) is 10.6. The number of ether oxygens (including phenoxy) is 2. The lowest BCUT2D eigenvalue weighted by Crippen LogP contribution is -2.41. The van der Waals surface area contributed by atoms with Crippen molar-refractivity contribution in [3.63, 3.8) is 0 Å². The molecule has 3 N–H and O–H groups in total. The van der Waals surface area contributed by atoms with Crippen LogP contribution in [0.2, 0.25) is 10.0 Å². The minimum absolute atomic E-state index is 0.00168. The Kier molecular flexibility index (Phi) is 12.8. The van der Waals surface area contributed by atoms with E-state index in [1.165, 1.54) is 21.3 Å². The molecule has 1 aliphatic heterocycles. The number of nitrogens with one attached hydrogen (secondary N) is 1. The van der Waals surface area contributed by atoms with Gasteiger partial charge in [0.2, 0.25) is 11.8 Å². The highest BCUT2D eigenvalue weighted by Gasteiger charge is 2.28. The van der Waals surface area contributed by atoms with Crippen LogP contribution >= 0.6 is 23.2 Å². The molecular formula is C43H46Cl2N6O8. The zero-order chi connectivity index (χ0) is 42.8. The lowest BCUT2D eigenvalue weighted by molar-refractivity contribution is -0.119. The first kappa shape index (κ1) is 42.9. The molecule has 2 unspecified atom stereocenters. The summed E-state index contributed by atoms with van der Waals surface area (Å²) < 4.78 is 12.6. The zero-order valence-corrected chi connectivity index (χ0v) is 35.1. The molecule has 0 bridgehead atoms. The van der Waals surface area contributed by atoms with Crippen molar-refractivity contribution < 1.29 is 34.1 Å². The highest BCUT2D eigenvalue weighted by molar-refractivity contribution is 6.39. The average Bonchev–Trinajstić information content (AvgIpc) is 3.59. The van der Waals surface area contributed by atoms with Gasteiger partial charge in [-0.25, -0.2) is 19.6 Å². The van der Waals surface area contributed by atoms with Crippen LogP contribution in [0.25, 0.3) is 39.2 Å². The summed E-state index contributed by atoms with van der Waals surface area (Å²) in [5.41, 5.74) is 4.18. The Labute approximate surface area is 351 Å². The number of hydrogen-bond acceptors (Lipinski definition) is 9. The molecule has 14 nitrogen and oxygen atoms in total. The number of aromatic nitrogens is 3. The fraction of sp³-hybridized carbons (Fsp3) is 0.349. The number of benzene rings is 2. The maximum atomic E-state index is 13.5. The Morgan fingerprint density at radius 1 is 0.966 bits per heavy atom. The van der Waals surface area contributed by atoms with Crippen LogP contribution in [-0.2, 0) is 22.6 Å². The van der Waals surface area contributed by atoms with Gasteiger partial charge in [0.05, 0.1) is 54.3 Å². The molecule has 4 heterocycles. The molecule has 3 aromatic heterocycles. The zero-order valence-electron chi connectivity index (χ0n) is 33.6. The SMILES string of the molecule is COc1nc(-c2cccc(-c3cccc(-c4ccn5c(=O)c(C)c(CN(CC(C)O)C(=O)OC(C)(C)C)nc5c4)c3Cl)c2Cl)ccc1CN(CC1CCC(=O)N1)C(=O)O. The Morgan fingerprint density at radius 2 is 1.63 bits per heavy atom. The number of aliphatic hydroxyl groups excluding tert-OH is 1. The number of carboxylic acid groups (broad SMARTS) is 1. The maximum absolute atomic E-state index is 13.5. The molecule has 0 saturated carbocycles. The normalized spacial score (nSPS) is 14.5. The van der Waals surface area contributed by atoms with E-state index in [2.05, 4.69) is 5.32 Å². The number of halogens is 2. The van der Waals surface area contributed by atoms with E-state index in [9.17, 15) is 29.4 Å². The topological polar surface area (TPSA) is 176 Å². The van der Waals surface area contributed by atoms with Gasteiger partial charge in [0.15, 0.2) is 0 Å². The van der Waals surface area contributed by atoms with Crippen molar-refractivity contribution in [3.8, 4) is 39.4 Å². The van der Waals surface area contributed by atoms with E-state index < -0.39 is 23.9 Å². The molecule has 0 radical (unpaired) electrons. The molecule has 1 aliphatic rings. The summed E-state index contributed by atoms with van der Waals surface area (Å²) in [7, 11) is 1.46. The minimum atomic E-state index is -1.13. The van der Waals surface area contributed by atoms with Crippen molar-refractivity contribution in [2.24, 2.45) is 0 Å². The molecule has 0 spiro atoms. The van der Waals surface area contributed by atoms with Gasteiger partial charge in [-0.15, -0.1) is 0 Å².